The quantitative estimate of drug-likeness (QED) is 0.277. The van der Waals surface area contributed by atoms with Crippen LogP contribution in [0, 0.1) is 0 Å². The van der Waals surface area contributed by atoms with Gasteiger partial charge in [-0.2, -0.15) is 0 Å². The van der Waals surface area contributed by atoms with E-state index in [4.69, 9.17) is 19.0 Å². The number of carbonyl (C=O) groups excluding carboxylic acids is 1. The summed E-state index contributed by atoms with van der Waals surface area (Å²) < 4.78 is 16.9. The summed E-state index contributed by atoms with van der Waals surface area (Å²) >= 11 is 0. The first-order chi connectivity index (χ1) is 18.9. The van der Waals surface area contributed by atoms with E-state index in [-0.39, 0.29) is 55.5 Å². The number of hydrogen-bond donors (Lipinski definition) is 3. The van der Waals surface area contributed by atoms with Gasteiger partial charge in [0.25, 0.3) is 5.91 Å². The van der Waals surface area contributed by atoms with Crippen molar-refractivity contribution in [3.63, 3.8) is 0 Å². The van der Waals surface area contributed by atoms with Crippen LogP contribution in [0.4, 0.5) is 0 Å². The highest BCUT2D eigenvalue weighted by molar-refractivity contribution is 5.95. The first kappa shape index (κ1) is 27.5. The fraction of sp³-hybridized carbons (Fsp3) is 0.276. The van der Waals surface area contributed by atoms with E-state index in [2.05, 4.69) is 11.9 Å². The van der Waals surface area contributed by atoms with Crippen molar-refractivity contribution in [3.05, 3.63) is 95.5 Å². The summed E-state index contributed by atoms with van der Waals surface area (Å²) in [6.07, 6.45) is 2.95. The number of carboxylic acids is 2. The molecule has 2 heterocycles. The fourth-order valence-electron chi connectivity index (χ4n) is 4.43. The van der Waals surface area contributed by atoms with E-state index in [1.807, 2.05) is 17.0 Å². The molecule has 1 aliphatic rings. The van der Waals surface area contributed by atoms with Crippen molar-refractivity contribution >= 4 is 17.8 Å². The van der Waals surface area contributed by atoms with Gasteiger partial charge < -0.3 is 29.4 Å². The predicted molar refractivity (Wildman–Crippen MR) is 141 cm³/mol. The second kappa shape index (κ2) is 12.8. The average Bonchev–Trinajstić information content (AvgIpc) is 3.44. The molecule has 0 aliphatic carbocycles. The molecule has 204 valence electrons. The molecule has 1 amide bonds. The fourth-order valence-corrected chi connectivity index (χ4v) is 4.43. The number of furan rings is 1. The number of rotatable bonds is 13. The normalized spacial score (nSPS) is 14.1. The maximum Gasteiger partial charge on any atom is 0.339 e. The van der Waals surface area contributed by atoms with Crippen LogP contribution >= 0.6 is 0 Å². The molecule has 2 aromatic carbocycles. The molecule has 0 unspecified atom stereocenters. The minimum absolute atomic E-state index is 0.0114. The van der Waals surface area contributed by atoms with Crippen molar-refractivity contribution in [3.8, 4) is 11.5 Å². The Hall–Kier alpha value is -4.57. The summed E-state index contributed by atoms with van der Waals surface area (Å²) in [7, 11) is 0. The van der Waals surface area contributed by atoms with Gasteiger partial charge in [-0.05, 0) is 41.8 Å². The molecule has 0 saturated carbocycles. The van der Waals surface area contributed by atoms with Crippen molar-refractivity contribution in [2.45, 2.75) is 38.6 Å². The van der Waals surface area contributed by atoms with Gasteiger partial charge in [0.15, 0.2) is 11.5 Å². The van der Waals surface area contributed by atoms with Gasteiger partial charge in [0.05, 0.1) is 12.8 Å². The molecule has 0 bridgehead atoms. The van der Waals surface area contributed by atoms with Crippen LogP contribution in [0.3, 0.4) is 0 Å². The van der Waals surface area contributed by atoms with Gasteiger partial charge in [-0.1, -0.05) is 30.3 Å². The molecular weight excluding hydrogens is 504 g/mol. The Labute approximate surface area is 225 Å². The Balaban J connectivity index is 1.52. The van der Waals surface area contributed by atoms with E-state index in [0.717, 1.165) is 5.56 Å². The van der Waals surface area contributed by atoms with Crippen molar-refractivity contribution in [2.75, 3.05) is 13.2 Å². The summed E-state index contributed by atoms with van der Waals surface area (Å²) in [5.74, 6) is -1.31. The van der Waals surface area contributed by atoms with Crippen molar-refractivity contribution < 1.29 is 38.5 Å². The lowest BCUT2D eigenvalue weighted by atomic mass is 10.0. The molecule has 3 aromatic rings. The number of carboxylic acid groups (broad SMARTS) is 2. The molecule has 1 aromatic heterocycles. The Morgan fingerprint density at radius 1 is 1.05 bits per heavy atom. The van der Waals surface area contributed by atoms with Gasteiger partial charge in [-0.25, -0.2) is 4.79 Å². The molecule has 10 heteroatoms. The molecule has 10 nitrogen and oxygen atoms in total. The van der Waals surface area contributed by atoms with Crippen LogP contribution in [0.1, 0.15) is 50.4 Å². The summed E-state index contributed by atoms with van der Waals surface area (Å²) in [5.41, 5.74) is 1.77. The number of benzene rings is 2. The first-order valence-corrected chi connectivity index (χ1v) is 12.5. The van der Waals surface area contributed by atoms with Gasteiger partial charge in [-0.15, -0.1) is 6.58 Å². The number of ether oxygens (including phenoxy) is 2. The van der Waals surface area contributed by atoms with Gasteiger partial charge >= 0.3 is 11.9 Å². The number of amides is 1. The molecule has 1 aliphatic heterocycles. The molecule has 0 saturated heterocycles. The van der Waals surface area contributed by atoms with Crippen LogP contribution in [0.5, 0.6) is 11.5 Å². The zero-order chi connectivity index (χ0) is 27.8. The lowest BCUT2D eigenvalue weighted by Crippen LogP contribution is -2.31. The Morgan fingerprint density at radius 3 is 2.56 bits per heavy atom. The number of aromatic carboxylic acids is 1. The second-order valence-electron chi connectivity index (χ2n) is 9.09. The molecule has 0 spiro atoms. The number of aliphatic carboxylic acids is 1. The monoisotopic (exact) mass is 534 g/mol. The standard InChI is InChI=1S/C29H30N2O8/c1-2-13-31(16-19-6-3-4-8-23(19)28(34)30-15-21-7-5-14-37-21)17-20-9-11-24-27(26(20)29(35)36)38-18-22(39-24)10-12-25(32)33/h2-9,11,14,22H,1,10,12-13,15-18H2,(H,30,34)(H,32,33)(H,35,36)/t22-/m0/s1. The Morgan fingerprint density at radius 2 is 1.85 bits per heavy atom. The SMILES string of the molecule is C=CCN(Cc1ccccc1C(=O)NCc1ccco1)Cc1ccc2c(c1C(=O)O)OC[C@H](CCC(=O)O)O2. The third-order valence-corrected chi connectivity index (χ3v) is 6.25. The third kappa shape index (κ3) is 7.05. The second-order valence-corrected chi connectivity index (χ2v) is 9.09. The predicted octanol–water partition coefficient (Wildman–Crippen LogP) is 4.10. The van der Waals surface area contributed by atoms with E-state index in [1.54, 1.807) is 48.7 Å². The minimum Gasteiger partial charge on any atom is -0.485 e. The van der Waals surface area contributed by atoms with Crippen LogP contribution in [0.25, 0.3) is 0 Å². The maximum absolute atomic E-state index is 12.9. The summed E-state index contributed by atoms with van der Waals surface area (Å²) in [6.45, 7) is 5.19. The number of nitrogens with zero attached hydrogens (tertiary/aromatic N) is 1. The minimum atomic E-state index is -1.16. The number of hydrogen-bond acceptors (Lipinski definition) is 7. The highest BCUT2D eigenvalue weighted by atomic mass is 16.6. The molecule has 1 atom stereocenters. The highest BCUT2D eigenvalue weighted by Gasteiger charge is 2.29. The molecule has 4 rings (SSSR count). The van der Waals surface area contributed by atoms with E-state index in [0.29, 0.717) is 30.0 Å². The largest absolute Gasteiger partial charge is 0.485 e. The first-order valence-electron chi connectivity index (χ1n) is 12.5. The number of nitrogens with one attached hydrogen (secondary N) is 1. The summed E-state index contributed by atoms with van der Waals surface area (Å²) in [4.78, 5) is 38.1. The van der Waals surface area contributed by atoms with E-state index in [9.17, 15) is 19.5 Å². The van der Waals surface area contributed by atoms with Crippen LogP contribution in [-0.4, -0.2) is 52.2 Å². The zero-order valence-corrected chi connectivity index (χ0v) is 21.3. The smallest absolute Gasteiger partial charge is 0.339 e. The number of carbonyl (C=O) groups is 3. The maximum atomic E-state index is 12.9. The van der Waals surface area contributed by atoms with Crippen LogP contribution in [-0.2, 0) is 24.4 Å². The van der Waals surface area contributed by atoms with Gasteiger partial charge in [0.2, 0.25) is 0 Å². The van der Waals surface area contributed by atoms with E-state index < -0.39 is 18.0 Å². The molecule has 39 heavy (non-hydrogen) atoms. The van der Waals surface area contributed by atoms with Gasteiger partial charge in [0, 0.05) is 31.6 Å². The van der Waals surface area contributed by atoms with Gasteiger partial charge in [-0.3, -0.25) is 14.5 Å². The van der Waals surface area contributed by atoms with E-state index >= 15 is 0 Å². The molecule has 0 radical (unpaired) electrons. The lowest BCUT2D eigenvalue weighted by molar-refractivity contribution is -0.137. The zero-order valence-electron chi connectivity index (χ0n) is 21.3. The Bertz CT molecular complexity index is 1340. The third-order valence-electron chi connectivity index (χ3n) is 6.25. The van der Waals surface area contributed by atoms with Gasteiger partial charge in [0.1, 0.15) is 24.0 Å². The van der Waals surface area contributed by atoms with Crippen molar-refractivity contribution in [1.82, 2.24) is 10.2 Å². The topological polar surface area (TPSA) is 139 Å². The number of fused-ring (bicyclic) bond motifs is 1. The molecule has 3 N–H and O–H groups in total. The van der Waals surface area contributed by atoms with Crippen molar-refractivity contribution in [1.29, 1.82) is 0 Å². The average molecular weight is 535 g/mol. The summed E-state index contributed by atoms with van der Waals surface area (Å²) in [6, 6.07) is 14.1. The van der Waals surface area contributed by atoms with Crippen LogP contribution < -0.4 is 14.8 Å². The van der Waals surface area contributed by atoms with Crippen LogP contribution in [0.15, 0.2) is 71.9 Å². The highest BCUT2D eigenvalue weighted by Crippen LogP contribution is 2.38. The van der Waals surface area contributed by atoms with Crippen LogP contribution in [0.2, 0.25) is 0 Å². The lowest BCUT2D eigenvalue weighted by Gasteiger charge is -2.29. The molecular formula is C29H30N2O8. The Kier molecular flexibility index (Phi) is 9.01. The van der Waals surface area contributed by atoms with Crippen molar-refractivity contribution in [2.24, 2.45) is 0 Å². The summed E-state index contributed by atoms with van der Waals surface area (Å²) in [5, 5.41) is 21.8. The van der Waals surface area contributed by atoms with E-state index in [1.165, 1.54) is 0 Å². The molecule has 0 fully saturated rings.